The number of carbonyl (C=O) groups excluding carboxylic acids is 1. The standard InChI is InChI=1S/C17H22N2O3/c20-11-12-6-2-1-3-8-14(12)18-17(21)10-15-13-7-4-5-9-16(13)22-19-15/h4-5,7,9,12,14,20H,1-3,6,8,10-11H2,(H,18,21). The molecule has 0 saturated heterocycles. The van der Waals surface area contributed by atoms with Crippen molar-refractivity contribution in [2.75, 3.05) is 6.61 Å². The van der Waals surface area contributed by atoms with Gasteiger partial charge in [-0.1, -0.05) is 36.6 Å². The van der Waals surface area contributed by atoms with Crippen molar-refractivity contribution >= 4 is 16.9 Å². The normalized spacial score (nSPS) is 22.4. The minimum atomic E-state index is -0.0515. The topological polar surface area (TPSA) is 75.4 Å². The molecule has 22 heavy (non-hydrogen) atoms. The zero-order valence-corrected chi connectivity index (χ0v) is 12.6. The van der Waals surface area contributed by atoms with Gasteiger partial charge in [0.05, 0.1) is 6.42 Å². The molecule has 118 valence electrons. The van der Waals surface area contributed by atoms with E-state index in [1.165, 1.54) is 6.42 Å². The van der Waals surface area contributed by atoms with Crippen molar-refractivity contribution in [2.24, 2.45) is 5.92 Å². The molecule has 1 aromatic carbocycles. The Labute approximate surface area is 129 Å². The lowest BCUT2D eigenvalue weighted by Gasteiger charge is -2.24. The summed E-state index contributed by atoms with van der Waals surface area (Å²) in [7, 11) is 0. The molecule has 1 saturated carbocycles. The fourth-order valence-corrected chi connectivity index (χ4v) is 3.27. The Bertz CT molecular complexity index is 638. The molecule has 1 aromatic heterocycles. The predicted molar refractivity (Wildman–Crippen MR) is 83.3 cm³/mol. The summed E-state index contributed by atoms with van der Waals surface area (Å²) in [4.78, 5) is 12.3. The second-order valence-electron chi connectivity index (χ2n) is 6.06. The number of hydrogen-bond acceptors (Lipinski definition) is 4. The van der Waals surface area contributed by atoms with E-state index in [-0.39, 0.29) is 30.9 Å². The van der Waals surface area contributed by atoms with Crippen molar-refractivity contribution in [3.63, 3.8) is 0 Å². The highest BCUT2D eigenvalue weighted by Crippen LogP contribution is 2.23. The van der Waals surface area contributed by atoms with Crippen LogP contribution >= 0.6 is 0 Å². The Morgan fingerprint density at radius 2 is 2.09 bits per heavy atom. The van der Waals surface area contributed by atoms with Gasteiger partial charge in [0.15, 0.2) is 5.58 Å². The van der Waals surface area contributed by atoms with E-state index in [9.17, 15) is 9.90 Å². The predicted octanol–water partition coefficient (Wildman–Crippen LogP) is 2.43. The monoisotopic (exact) mass is 302 g/mol. The van der Waals surface area contributed by atoms with Crippen LogP contribution in [0, 0.1) is 5.92 Å². The molecular formula is C17H22N2O3. The van der Waals surface area contributed by atoms with Crippen LogP contribution in [0.1, 0.15) is 37.8 Å². The van der Waals surface area contributed by atoms with Gasteiger partial charge in [-0.15, -0.1) is 0 Å². The van der Waals surface area contributed by atoms with Crippen molar-refractivity contribution in [3.05, 3.63) is 30.0 Å². The van der Waals surface area contributed by atoms with Crippen LogP contribution in [-0.2, 0) is 11.2 Å². The number of fused-ring (bicyclic) bond motifs is 1. The molecule has 2 aromatic rings. The Kier molecular flexibility index (Phi) is 4.73. The van der Waals surface area contributed by atoms with E-state index < -0.39 is 0 Å². The second kappa shape index (κ2) is 6.92. The van der Waals surface area contributed by atoms with E-state index in [0.29, 0.717) is 11.3 Å². The molecule has 1 amide bonds. The molecule has 0 bridgehead atoms. The summed E-state index contributed by atoms with van der Waals surface area (Å²) < 4.78 is 5.23. The summed E-state index contributed by atoms with van der Waals surface area (Å²) >= 11 is 0. The number of aliphatic hydroxyl groups is 1. The Hall–Kier alpha value is -1.88. The first-order chi connectivity index (χ1) is 10.8. The zero-order chi connectivity index (χ0) is 15.4. The Balaban J connectivity index is 1.66. The molecule has 1 heterocycles. The van der Waals surface area contributed by atoms with Crippen LogP contribution in [0.4, 0.5) is 0 Å². The summed E-state index contributed by atoms with van der Waals surface area (Å²) in [5.41, 5.74) is 1.37. The van der Waals surface area contributed by atoms with Gasteiger partial charge in [0.1, 0.15) is 5.69 Å². The fourth-order valence-electron chi connectivity index (χ4n) is 3.27. The highest BCUT2D eigenvalue weighted by atomic mass is 16.5. The maximum Gasteiger partial charge on any atom is 0.226 e. The molecule has 1 fully saturated rings. The summed E-state index contributed by atoms with van der Waals surface area (Å²) in [5.74, 6) is 0.116. The molecule has 2 unspecified atom stereocenters. The summed E-state index contributed by atoms with van der Waals surface area (Å²) in [6.07, 6.45) is 5.55. The van der Waals surface area contributed by atoms with Gasteiger partial charge in [-0.05, 0) is 25.0 Å². The van der Waals surface area contributed by atoms with E-state index in [1.807, 2.05) is 24.3 Å². The van der Waals surface area contributed by atoms with Crippen molar-refractivity contribution in [1.29, 1.82) is 0 Å². The molecule has 5 heteroatoms. The zero-order valence-electron chi connectivity index (χ0n) is 12.6. The molecule has 2 N–H and O–H groups in total. The molecule has 1 aliphatic carbocycles. The van der Waals surface area contributed by atoms with Gasteiger partial charge in [0.2, 0.25) is 5.91 Å². The van der Waals surface area contributed by atoms with Gasteiger partial charge in [-0.2, -0.15) is 0 Å². The summed E-state index contributed by atoms with van der Waals surface area (Å²) in [6.45, 7) is 0.137. The maximum absolute atomic E-state index is 12.3. The van der Waals surface area contributed by atoms with Gasteiger partial charge < -0.3 is 14.9 Å². The van der Waals surface area contributed by atoms with Gasteiger partial charge in [-0.3, -0.25) is 4.79 Å². The van der Waals surface area contributed by atoms with Gasteiger partial charge >= 0.3 is 0 Å². The van der Waals surface area contributed by atoms with Crippen molar-refractivity contribution in [2.45, 2.75) is 44.6 Å². The molecule has 0 radical (unpaired) electrons. The third kappa shape index (κ3) is 3.30. The lowest BCUT2D eigenvalue weighted by molar-refractivity contribution is -0.121. The number of rotatable bonds is 4. The van der Waals surface area contributed by atoms with E-state index in [1.54, 1.807) is 0 Å². The Morgan fingerprint density at radius 3 is 2.95 bits per heavy atom. The number of nitrogens with zero attached hydrogens (tertiary/aromatic N) is 1. The third-order valence-corrected chi connectivity index (χ3v) is 4.52. The molecule has 0 spiro atoms. The number of amides is 1. The third-order valence-electron chi connectivity index (χ3n) is 4.52. The first-order valence-electron chi connectivity index (χ1n) is 8.01. The molecule has 5 nitrogen and oxygen atoms in total. The average molecular weight is 302 g/mol. The van der Waals surface area contributed by atoms with Crippen LogP contribution in [0.5, 0.6) is 0 Å². The largest absolute Gasteiger partial charge is 0.396 e. The number of nitrogens with one attached hydrogen (secondary N) is 1. The van der Waals surface area contributed by atoms with Crippen LogP contribution in [0.2, 0.25) is 0 Å². The second-order valence-corrected chi connectivity index (χ2v) is 6.06. The maximum atomic E-state index is 12.3. The molecular weight excluding hydrogens is 280 g/mol. The summed E-state index contributed by atoms with van der Waals surface area (Å²) in [6, 6.07) is 7.62. The van der Waals surface area contributed by atoms with Crippen LogP contribution in [0.25, 0.3) is 11.0 Å². The number of para-hydroxylation sites is 1. The van der Waals surface area contributed by atoms with Crippen LogP contribution in [0.3, 0.4) is 0 Å². The quantitative estimate of drug-likeness (QED) is 0.851. The highest BCUT2D eigenvalue weighted by molar-refractivity contribution is 5.86. The Morgan fingerprint density at radius 1 is 1.27 bits per heavy atom. The minimum absolute atomic E-state index is 0.0515. The average Bonchev–Trinajstić information content (AvgIpc) is 2.79. The van der Waals surface area contributed by atoms with Crippen LogP contribution < -0.4 is 5.32 Å². The van der Waals surface area contributed by atoms with Gasteiger partial charge in [0, 0.05) is 24.0 Å². The van der Waals surface area contributed by atoms with Gasteiger partial charge in [-0.25, -0.2) is 0 Å². The lowest BCUT2D eigenvalue weighted by atomic mass is 9.95. The smallest absolute Gasteiger partial charge is 0.226 e. The van der Waals surface area contributed by atoms with E-state index in [4.69, 9.17) is 4.52 Å². The number of benzene rings is 1. The fraction of sp³-hybridized carbons (Fsp3) is 0.529. The number of carbonyl (C=O) groups is 1. The lowest BCUT2D eigenvalue weighted by Crippen LogP contribution is -2.41. The van der Waals surface area contributed by atoms with Crippen LogP contribution in [0.15, 0.2) is 28.8 Å². The van der Waals surface area contributed by atoms with Crippen molar-refractivity contribution in [3.8, 4) is 0 Å². The van der Waals surface area contributed by atoms with Crippen molar-refractivity contribution in [1.82, 2.24) is 10.5 Å². The molecule has 2 atom stereocenters. The molecule has 1 aliphatic rings. The first-order valence-corrected chi connectivity index (χ1v) is 8.01. The highest BCUT2D eigenvalue weighted by Gasteiger charge is 2.25. The first kappa shape index (κ1) is 15.0. The number of aromatic nitrogens is 1. The van der Waals surface area contributed by atoms with Crippen LogP contribution in [-0.4, -0.2) is 28.8 Å². The number of aliphatic hydroxyl groups excluding tert-OH is 1. The SMILES string of the molecule is O=C(Cc1noc2ccccc12)NC1CCCCCC1CO. The minimum Gasteiger partial charge on any atom is -0.396 e. The molecule has 0 aliphatic heterocycles. The molecule has 3 rings (SSSR count). The van der Waals surface area contributed by atoms with Crippen molar-refractivity contribution < 1.29 is 14.4 Å². The van der Waals surface area contributed by atoms with Gasteiger partial charge in [0.25, 0.3) is 0 Å². The van der Waals surface area contributed by atoms with E-state index in [2.05, 4.69) is 10.5 Å². The summed E-state index contributed by atoms with van der Waals surface area (Å²) in [5, 5.41) is 17.5. The van der Waals surface area contributed by atoms with E-state index >= 15 is 0 Å². The number of hydrogen-bond donors (Lipinski definition) is 2. The van der Waals surface area contributed by atoms with E-state index in [0.717, 1.165) is 31.1 Å².